The van der Waals surface area contributed by atoms with E-state index in [9.17, 15) is 29.4 Å². The molecule has 2 aromatic rings. The number of hydrogen-bond acceptors (Lipinski definition) is 9. The highest BCUT2D eigenvalue weighted by atomic mass is 16.3. The molecule has 6 atom stereocenters. The molecule has 0 heterocycles. The van der Waals surface area contributed by atoms with Gasteiger partial charge in [-0.25, -0.2) is 0 Å². The molecule has 1 amide bonds. The van der Waals surface area contributed by atoms with Gasteiger partial charge in [-0.3, -0.25) is 24.1 Å². The van der Waals surface area contributed by atoms with Gasteiger partial charge in [0, 0.05) is 17.8 Å². The second-order valence-corrected chi connectivity index (χ2v) is 11.3. The number of phenols is 1. The summed E-state index contributed by atoms with van der Waals surface area (Å²) in [5.74, 6) is -8.12. The van der Waals surface area contributed by atoms with E-state index >= 15 is 0 Å². The average molecular weight is 535 g/mol. The number of nitrogens with one attached hydrogen (secondary N) is 2. The van der Waals surface area contributed by atoms with E-state index in [1.54, 1.807) is 14.1 Å². The van der Waals surface area contributed by atoms with Crippen molar-refractivity contribution in [3.05, 3.63) is 41.0 Å². The summed E-state index contributed by atoms with van der Waals surface area (Å²) in [5, 5.41) is 36.2. The smallest absolute Gasteiger partial charge is 0.233 e. The molecule has 2 fully saturated rings. The predicted octanol–water partition coefficient (Wildman–Crippen LogP) is 0.970. The van der Waals surface area contributed by atoms with E-state index < -0.39 is 64.3 Å². The highest BCUT2D eigenvalue weighted by Gasteiger charge is 2.67. The fraction of sp³-hybridized carbons (Fsp3) is 0.483. The molecular weight excluding hydrogens is 500 g/mol. The van der Waals surface area contributed by atoms with Crippen molar-refractivity contribution in [1.82, 2.24) is 10.2 Å². The first-order valence-electron chi connectivity index (χ1n) is 13.3. The zero-order chi connectivity index (χ0) is 28.4. The van der Waals surface area contributed by atoms with E-state index in [2.05, 4.69) is 12.2 Å². The number of nitrogens with two attached hydrogens (primary N) is 1. The van der Waals surface area contributed by atoms with E-state index in [0.717, 1.165) is 23.9 Å². The molecule has 0 bridgehead atoms. The summed E-state index contributed by atoms with van der Waals surface area (Å²) in [6.07, 6.45) is 1.38. The molecule has 3 aliphatic rings. The number of benzene rings is 2. The van der Waals surface area contributed by atoms with Crippen LogP contribution in [0.2, 0.25) is 0 Å². The largest absolute Gasteiger partial charge is 0.507 e. The quantitative estimate of drug-likeness (QED) is 0.269. The number of aromatic hydroxyl groups is 1. The average Bonchev–Trinajstić information content (AvgIpc) is 2.86. The molecular formula is C29H34N4O6. The first-order valence-corrected chi connectivity index (χ1v) is 13.3. The second kappa shape index (κ2) is 9.62. The van der Waals surface area contributed by atoms with Crippen LogP contribution in [0.3, 0.4) is 0 Å². The summed E-state index contributed by atoms with van der Waals surface area (Å²) >= 11 is 0. The minimum atomic E-state index is -2.50. The summed E-state index contributed by atoms with van der Waals surface area (Å²) in [6, 6.07) is 6.50. The van der Waals surface area contributed by atoms with Crippen LogP contribution in [0.15, 0.2) is 24.3 Å². The van der Waals surface area contributed by atoms with Crippen LogP contribution in [0, 0.1) is 29.1 Å². The first kappa shape index (κ1) is 27.1. The van der Waals surface area contributed by atoms with Crippen molar-refractivity contribution in [2.45, 2.75) is 44.4 Å². The number of carbonyl (C=O) groups excluding carboxylic acids is 4. The molecule has 2 saturated carbocycles. The standard InChI is InChI=1S/C29H34N4O6/c1-4-7-32-12-13-5-6-14-9-15-10-16-11-18-22(33(2)3)25(36)21(28(31)38)26(30)29(18,39)27(37)20(16)24(35)19(15)23(34)17(14)8-13/h5-6,8-9,16,18,20-22,30,32,34,39H,4,7,10-12H2,1-3H3,(H2,31,38). The maximum Gasteiger partial charge on any atom is 0.233 e. The van der Waals surface area contributed by atoms with Crippen LogP contribution in [0.1, 0.15) is 41.3 Å². The van der Waals surface area contributed by atoms with Gasteiger partial charge in [-0.05, 0) is 68.4 Å². The highest BCUT2D eigenvalue weighted by molar-refractivity contribution is 6.33. The van der Waals surface area contributed by atoms with E-state index in [1.165, 1.54) is 4.90 Å². The van der Waals surface area contributed by atoms with Crippen molar-refractivity contribution in [2.24, 2.45) is 29.4 Å². The normalized spacial score (nSPS) is 30.3. The molecule has 5 rings (SSSR count). The first-order chi connectivity index (χ1) is 18.4. The lowest BCUT2D eigenvalue weighted by Gasteiger charge is -2.53. The lowest BCUT2D eigenvalue weighted by atomic mass is 9.52. The number of fused-ring (bicyclic) bond motifs is 4. The molecule has 10 heteroatoms. The third kappa shape index (κ3) is 3.92. The van der Waals surface area contributed by atoms with Crippen LogP contribution < -0.4 is 11.1 Å². The number of ketones is 3. The monoisotopic (exact) mass is 534 g/mol. The molecule has 0 aromatic heterocycles. The van der Waals surface area contributed by atoms with Crippen LogP contribution in [-0.2, 0) is 27.3 Å². The molecule has 0 saturated heterocycles. The van der Waals surface area contributed by atoms with Gasteiger partial charge in [0.15, 0.2) is 23.0 Å². The SMILES string of the molecule is CCCNCc1ccc2cc3c(c(O)c2c1)C(=O)C1C(=O)C2(O)C(=N)C(C(N)=O)C(=O)C(N(C)C)C2CC1C3. The molecule has 3 aliphatic carbocycles. The molecule has 0 spiro atoms. The molecule has 6 unspecified atom stereocenters. The number of primary amides is 1. The van der Waals surface area contributed by atoms with Gasteiger partial charge in [-0.1, -0.05) is 25.1 Å². The summed E-state index contributed by atoms with van der Waals surface area (Å²) in [6.45, 7) is 3.51. The predicted molar refractivity (Wildman–Crippen MR) is 144 cm³/mol. The van der Waals surface area contributed by atoms with E-state index in [4.69, 9.17) is 11.1 Å². The molecule has 2 aromatic carbocycles. The third-order valence-corrected chi connectivity index (χ3v) is 8.75. The number of likely N-dealkylation sites (N-methyl/N-ethyl adjacent to an activating group) is 1. The Balaban J connectivity index is 1.59. The summed E-state index contributed by atoms with van der Waals surface area (Å²) in [7, 11) is 3.20. The Labute approximate surface area is 226 Å². The summed E-state index contributed by atoms with van der Waals surface area (Å²) in [5.41, 5.74) is 3.76. The molecule has 0 aliphatic heterocycles. The van der Waals surface area contributed by atoms with E-state index in [1.807, 2.05) is 24.3 Å². The van der Waals surface area contributed by atoms with Crippen LogP contribution in [0.25, 0.3) is 10.8 Å². The number of aliphatic hydroxyl groups is 1. The Morgan fingerprint density at radius 3 is 2.59 bits per heavy atom. The van der Waals surface area contributed by atoms with E-state index in [-0.39, 0.29) is 24.2 Å². The lowest BCUT2D eigenvalue weighted by Crippen LogP contribution is -2.73. The topological polar surface area (TPSA) is 174 Å². The number of phenolic OH excluding ortho intramolecular Hbond substituents is 1. The van der Waals surface area contributed by atoms with E-state index in [0.29, 0.717) is 17.5 Å². The molecule has 10 nitrogen and oxygen atoms in total. The summed E-state index contributed by atoms with van der Waals surface area (Å²) < 4.78 is 0. The van der Waals surface area contributed by atoms with Gasteiger partial charge in [-0.15, -0.1) is 0 Å². The van der Waals surface area contributed by atoms with Crippen LogP contribution >= 0.6 is 0 Å². The number of nitrogens with zero attached hydrogens (tertiary/aromatic N) is 1. The van der Waals surface area contributed by atoms with Gasteiger partial charge in [0.25, 0.3) is 0 Å². The highest BCUT2D eigenvalue weighted by Crippen LogP contribution is 2.51. The van der Waals surface area contributed by atoms with Crippen LogP contribution in [0.4, 0.5) is 0 Å². The Hall–Kier alpha value is -3.47. The maximum atomic E-state index is 14.0. The number of carbonyl (C=O) groups is 4. The van der Waals surface area contributed by atoms with Crippen molar-refractivity contribution in [3.8, 4) is 5.75 Å². The van der Waals surface area contributed by atoms with Crippen molar-refractivity contribution in [3.63, 3.8) is 0 Å². The Morgan fingerprint density at radius 2 is 1.95 bits per heavy atom. The minimum Gasteiger partial charge on any atom is -0.507 e. The number of rotatable bonds is 6. The zero-order valence-corrected chi connectivity index (χ0v) is 22.3. The van der Waals surface area contributed by atoms with Gasteiger partial charge in [0.2, 0.25) is 5.91 Å². The third-order valence-electron chi connectivity index (χ3n) is 8.75. The van der Waals surface area contributed by atoms with Gasteiger partial charge in [0.05, 0.1) is 23.2 Å². The minimum absolute atomic E-state index is 0.0480. The Bertz CT molecular complexity index is 1430. The molecule has 206 valence electrons. The van der Waals surface area contributed by atoms with Crippen molar-refractivity contribution in [1.29, 1.82) is 5.41 Å². The van der Waals surface area contributed by atoms with Crippen molar-refractivity contribution in [2.75, 3.05) is 20.6 Å². The molecule has 39 heavy (non-hydrogen) atoms. The zero-order valence-electron chi connectivity index (χ0n) is 22.3. The molecule has 0 radical (unpaired) electrons. The maximum absolute atomic E-state index is 14.0. The van der Waals surface area contributed by atoms with Crippen LogP contribution in [-0.4, -0.2) is 76.4 Å². The van der Waals surface area contributed by atoms with Gasteiger partial charge < -0.3 is 26.7 Å². The number of hydrogen-bond donors (Lipinski definition) is 5. The van der Waals surface area contributed by atoms with Gasteiger partial charge in [0.1, 0.15) is 11.7 Å². The second-order valence-electron chi connectivity index (χ2n) is 11.3. The van der Waals surface area contributed by atoms with Crippen molar-refractivity contribution >= 4 is 39.7 Å². The van der Waals surface area contributed by atoms with Gasteiger partial charge >= 0.3 is 0 Å². The number of Topliss-reactive ketones (excluding diaryl/α,β-unsaturated/α-hetero) is 3. The molecule has 6 N–H and O–H groups in total. The fourth-order valence-corrected chi connectivity index (χ4v) is 6.99. The Kier molecular flexibility index (Phi) is 6.69. The summed E-state index contributed by atoms with van der Waals surface area (Å²) in [4.78, 5) is 54.8. The van der Waals surface area contributed by atoms with Crippen LogP contribution in [0.5, 0.6) is 5.75 Å². The fourth-order valence-electron chi connectivity index (χ4n) is 6.99. The number of amides is 1. The lowest BCUT2D eigenvalue weighted by molar-refractivity contribution is -0.157. The van der Waals surface area contributed by atoms with Crippen molar-refractivity contribution < 1.29 is 29.4 Å². The van der Waals surface area contributed by atoms with Gasteiger partial charge in [-0.2, -0.15) is 0 Å². The Morgan fingerprint density at radius 1 is 1.23 bits per heavy atom.